The average molecular weight is 341 g/mol. The Kier molecular flexibility index (Phi) is 5.03. The molecule has 1 N–H and O–H groups in total. The van der Waals surface area contributed by atoms with E-state index in [-0.39, 0.29) is 11.7 Å². The molecule has 1 heterocycles. The lowest BCUT2D eigenvalue weighted by atomic mass is 10.2. The fourth-order valence-corrected chi connectivity index (χ4v) is 2.18. The Labute approximate surface area is 143 Å². The van der Waals surface area contributed by atoms with Gasteiger partial charge < -0.3 is 9.26 Å². The molecule has 6 nitrogen and oxygen atoms in total. The number of hydrogen-bond donors (Lipinski definition) is 1. The molecule has 0 spiro atoms. The van der Waals surface area contributed by atoms with E-state index < -0.39 is 17.8 Å². The number of hydrogen-bond acceptors (Lipinski definition) is 5. The molecular weight excluding hydrogens is 325 g/mol. The SMILES string of the molecule is CC[C@@H](Oc1ccccc1F)C(=O)Nc1noc(-c2ccccc2)n1. The highest BCUT2D eigenvalue weighted by Gasteiger charge is 2.22. The van der Waals surface area contributed by atoms with Crippen LogP contribution in [0.4, 0.5) is 10.3 Å². The van der Waals surface area contributed by atoms with E-state index in [1.807, 2.05) is 30.3 Å². The van der Waals surface area contributed by atoms with Crippen molar-refractivity contribution in [1.82, 2.24) is 10.1 Å². The molecule has 0 aliphatic carbocycles. The van der Waals surface area contributed by atoms with Crippen molar-refractivity contribution in [3.63, 3.8) is 0 Å². The van der Waals surface area contributed by atoms with Crippen molar-refractivity contribution in [3.05, 3.63) is 60.4 Å². The zero-order valence-electron chi connectivity index (χ0n) is 13.5. The maximum atomic E-state index is 13.7. The number of amides is 1. The Morgan fingerprint density at radius 1 is 1.20 bits per heavy atom. The number of carbonyl (C=O) groups excluding carboxylic acids is 1. The van der Waals surface area contributed by atoms with Gasteiger partial charge in [-0.3, -0.25) is 10.1 Å². The molecule has 0 bridgehead atoms. The van der Waals surface area contributed by atoms with Gasteiger partial charge in [-0.05, 0) is 35.8 Å². The summed E-state index contributed by atoms with van der Waals surface area (Å²) in [6.45, 7) is 1.76. The monoisotopic (exact) mass is 341 g/mol. The van der Waals surface area contributed by atoms with Gasteiger partial charge in [0.05, 0.1) is 0 Å². The summed E-state index contributed by atoms with van der Waals surface area (Å²) in [6, 6.07) is 15.1. The highest BCUT2D eigenvalue weighted by atomic mass is 19.1. The molecule has 1 atom stereocenters. The fraction of sp³-hybridized carbons (Fsp3) is 0.167. The second-order valence-corrected chi connectivity index (χ2v) is 5.22. The number of rotatable bonds is 6. The van der Waals surface area contributed by atoms with Gasteiger partial charge in [0.25, 0.3) is 17.7 Å². The molecule has 1 aromatic heterocycles. The van der Waals surface area contributed by atoms with Crippen LogP contribution in [0.1, 0.15) is 13.3 Å². The summed E-state index contributed by atoms with van der Waals surface area (Å²) in [5, 5.41) is 6.25. The summed E-state index contributed by atoms with van der Waals surface area (Å²) in [4.78, 5) is 16.4. The minimum atomic E-state index is -0.879. The average Bonchev–Trinajstić information content (AvgIpc) is 3.10. The summed E-state index contributed by atoms with van der Waals surface area (Å²) in [7, 11) is 0. The summed E-state index contributed by atoms with van der Waals surface area (Å²) < 4.78 is 24.2. The fourth-order valence-electron chi connectivity index (χ4n) is 2.18. The van der Waals surface area contributed by atoms with Gasteiger partial charge in [0.15, 0.2) is 17.7 Å². The molecule has 0 saturated heterocycles. The summed E-state index contributed by atoms with van der Waals surface area (Å²) in [6.07, 6.45) is -0.528. The van der Waals surface area contributed by atoms with Gasteiger partial charge >= 0.3 is 0 Å². The summed E-state index contributed by atoms with van der Waals surface area (Å²) >= 11 is 0. The molecule has 128 valence electrons. The Bertz CT molecular complexity index is 852. The van der Waals surface area contributed by atoms with Gasteiger partial charge in [0, 0.05) is 5.56 Å². The Balaban J connectivity index is 1.68. The maximum absolute atomic E-state index is 13.7. The first-order valence-corrected chi connectivity index (χ1v) is 7.78. The van der Waals surface area contributed by atoms with E-state index in [9.17, 15) is 9.18 Å². The Morgan fingerprint density at radius 3 is 2.64 bits per heavy atom. The molecule has 0 aliphatic rings. The van der Waals surface area contributed by atoms with Crippen LogP contribution >= 0.6 is 0 Å². The Morgan fingerprint density at radius 2 is 1.92 bits per heavy atom. The van der Waals surface area contributed by atoms with Crippen molar-refractivity contribution in [2.24, 2.45) is 0 Å². The zero-order valence-corrected chi connectivity index (χ0v) is 13.5. The highest BCUT2D eigenvalue weighted by molar-refractivity contribution is 5.92. The number of anilines is 1. The largest absolute Gasteiger partial charge is 0.478 e. The van der Waals surface area contributed by atoms with E-state index in [4.69, 9.17) is 9.26 Å². The van der Waals surface area contributed by atoms with Crippen LogP contribution in [0.25, 0.3) is 11.5 Å². The van der Waals surface area contributed by atoms with Crippen molar-refractivity contribution in [1.29, 1.82) is 0 Å². The number of nitrogens with one attached hydrogen (secondary N) is 1. The number of aromatic nitrogens is 2. The van der Waals surface area contributed by atoms with Crippen LogP contribution in [0.2, 0.25) is 0 Å². The first-order valence-electron chi connectivity index (χ1n) is 7.78. The summed E-state index contributed by atoms with van der Waals surface area (Å²) in [5.74, 6) is -0.674. The molecule has 1 amide bonds. The molecule has 7 heteroatoms. The molecule has 2 aromatic carbocycles. The molecular formula is C18H16FN3O3. The quantitative estimate of drug-likeness (QED) is 0.740. The van der Waals surface area contributed by atoms with E-state index in [2.05, 4.69) is 15.5 Å². The van der Waals surface area contributed by atoms with E-state index in [1.54, 1.807) is 19.1 Å². The number of benzene rings is 2. The van der Waals surface area contributed by atoms with Gasteiger partial charge in [0.1, 0.15) is 0 Å². The lowest BCUT2D eigenvalue weighted by Crippen LogP contribution is -2.33. The van der Waals surface area contributed by atoms with Crippen molar-refractivity contribution >= 4 is 11.9 Å². The van der Waals surface area contributed by atoms with Crippen LogP contribution in [0, 0.1) is 5.82 Å². The third kappa shape index (κ3) is 4.00. The lowest BCUT2D eigenvalue weighted by molar-refractivity contribution is -0.123. The molecule has 0 fully saturated rings. The van der Waals surface area contributed by atoms with Crippen LogP contribution in [0.5, 0.6) is 5.75 Å². The molecule has 0 unspecified atom stereocenters. The predicted molar refractivity (Wildman–Crippen MR) is 89.5 cm³/mol. The van der Waals surface area contributed by atoms with Gasteiger partial charge in [-0.15, -0.1) is 0 Å². The number of nitrogens with zero attached hydrogens (tertiary/aromatic N) is 2. The minimum Gasteiger partial charge on any atom is -0.478 e. The topological polar surface area (TPSA) is 77.2 Å². The second kappa shape index (κ2) is 7.57. The lowest BCUT2D eigenvalue weighted by Gasteiger charge is -2.16. The minimum absolute atomic E-state index is 0.0163. The van der Waals surface area contributed by atoms with E-state index in [1.165, 1.54) is 12.1 Å². The zero-order chi connectivity index (χ0) is 17.6. The van der Waals surface area contributed by atoms with Gasteiger partial charge in [-0.25, -0.2) is 4.39 Å². The van der Waals surface area contributed by atoms with Crippen LogP contribution in [-0.4, -0.2) is 22.2 Å². The van der Waals surface area contributed by atoms with E-state index >= 15 is 0 Å². The van der Waals surface area contributed by atoms with Gasteiger partial charge in [0.2, 0.25) is 0 Å². The normalized spacial score (nSPS) is 11.8. The molecule has 0 aliphatic heterocycles. The van der Waals surface area contributed by atoms with E-state index in [0.717, 1.165) is 5.56 Å². The highest BCUT2D eigenvalue weighted by Crippen LogP contribution is 2.20. The molecule has 3 rings (SSSR count). The van der Waals surface area contributed by atoms with Crippen LogP contribution < -0.4 is 10.1 Å². The van der Waals surface area contributed by atoms with E-state index in [0.29, 0.717) is 12.3 Å². The molecule has 25 heavy (non-hydrogen) atoms. The molecule has 0 saturated carbocycles. The smallest absolute Gasteiger partial charge is 0.270 e. The maximum Gasteiger partial charge on any atom is 0.270 e. The second-order valence-electron chi connectivity index (χ2n) is 5.22. The first-order chi connectivity index (χ1) is 12.2. The molecule has 3 aromatic rings. The molecule has 0 radical (unpaired) electrons. The van der Waals surface area contributed by atoms with Crippen LogP contribution in [0.3, 0.4) is 0 Å². The third-order valence-electron chi connectivity index (χ3n) is 3.45. The van der Waals surface area contributed by atoms with Crippen molar-refractivity contribution < 1.29 is 18.4 Å². The standard InChI is InChI=1S/C18H16FN3O3/c1-2-14(24-15-11-7-6-10-13(15)19)16(23)20-18-21-17(25-22-18)12-8-4-3-5-9-12/h3-11,14H,2H2,1H3,(H,20,22,23)/t14-/m1/s1. The van der Waals surface area contributed by atoms with Gasteiger partial charge in [-0.2, -0.15) is 4.98 Å². The predicted octanol–water partition coefficient (Wildman–Crippen LogP) is 3.67. The number of halogens is 1. The number of para-hydroxylation sites is 1. The van der Waals surface area contributed by atoms with Crippen molar-refractivity contribution in [3.8, 4) is 17.2 Å². The first kappa shape index (κ1) is 16.6. The van der Waals surface area contributed by atoms with Crippen LogP contribution in [0.15, 0.2) is 59.1 Å². The summed E-state index contributed by atoms with van der Waals surface area (Å²) in [5.41, 5.74) is 0.741. The van der Waals surface area contributed by atoms with Crippen molar-refractivity contribution in [2.45, 2.75) is 19.4 Å². The number of carbonyl (C=O) groups is 1. The van der Waals surface area contributed by atoms with Crippen LogP contribution in [-0.2, 0) is 4.79 Å². The third-order valence-corrected chi connectivity index (χ3v) is 3.45. The van der Waals surface area contributed by atoms with Gasteiger partial charge in [-0.1, -0.05) is 37.3 Å². The number of ether oxygens (including phenoxy) is 1. The Hall–Kier alpha value is -3.22. The van der Waals surface area contributed by atoms with Crippen molar-refractivity contribution in [2.75, 3.05) is 5.32 Å².